The molecule has 0 fully saturated rings. The van der Waals surface area contributed by atoms with Crippen LogP contribution in [-0.4, -0.2) is 17.1 Å². The molecule has 2 N–H and O–H groups in total. The molecule has 0 aliphatic rings. The third-order valence-electron chi connectivity index (χ3n) is 3.21. The summed E-state index contributed by atoms with van der Waals surface area (Å²) in [4.78, 5) is 8.91. The summed E-state index contributed by atoms with van der Waals surface area (Å²) < 4.78 is 6.02. The van der Waals surface area contributed by atoms with E-state index in [4.69, 9.17) is 10.5 Å². The van der Waals surface area contributed by atoms with Crippen molar-refractivity contribution >= 4 is 28.4 Å². The monoisotopic (exact) mass is 383 g/mol. The second kappa shape index (κ2) is 6.49. The Bertz CT molecular complexity index is 629. The molecule has 0 spiro atoms. The van der Waals surface area contributed by atoms with Gasteiger partial charge in [-0.15, -0.1) is 0 Å². The molecule has 0 radical (unpaired) electrons. The van der Waals surface area contributed by atoms with E-state index in [1.54, 1.807) is 7.11 Å². The highest BCUT2D eigenvalue weighted by Crippen LogP contribution is 2.19. The summed E-state index contributed by atoms with van der Waals surface area (Å²) in [6.07, 6.45) is 0.680. The van der Waals surface area contributed by atoms with Crippen molar-refractivity contribution in [2.75, 3.05) is 12.8 Å². The van der Waals surface area contributed by atoms with Crippen LogP contribution < -0.4 is 5.73 Å². The molecule has 0 aliphatic heterocycles. The number of benzene rings is 1. The zero-order chi connectivity index (χ0) is 14.7. The molecule has 2 aromatic rings. The molecule has 1 aromatic carbocycles. The van der Waals surface area contributed by atoms with Crippen molar-refractivity contribution in [1.82, 2.24) is 9.97 Å². The van der Waals surface area contributed by atoms with E-state index < -0.39 is 0 Å². The number of methoxy groups -OCH3 is 1. The zero-order valence-electron chi connectivity index (χ0n) is 11.9. The molecule has 1 heterocycles. The first-order valence-corrected chi connectivity index (χ1v) is 7.45. The first kappa shape index (κ1) is 15.2. The second-order valence-corrected chi connectivity index (χ2v) is 5.89. The Morgan fingerprint density at radius 3 is 2.60 bits per heavy atom. The maximum absolute atomic E-state index is 5.95. The minimum atomic E-state index is 0.449. The Morgan fingerprint density at radius 1 is 1.20 bits per heavy atom. The van der Waals surface area contributed by atoms with E-state index in [1.165, 1.54) is 16.7 Å². The average molecular weight is 383 g/mol. The molecule has 0 atom stereocenters. The fourth-order valence-electron chi connectivity index (χ4n) is 1.97. The summed E-state index contributed by atoms with van der Waals surface area (Å²) in [5, 5.41) is 0. The minimum Gasteiger partial charge on any atom is -0.383 e. The highest BCUT2D eigenvalue weighted by molar-refractivity contribution is 14.1. The first-order valence-electron chi connectivity index (χ1n) is 6.37. The number of nitrogen functional groups attached to an aromatic ring is 1. The molecule has 0 unspecified atom stereocenters. The van der Waals surface area contributed by atoms with Crippen LogP contribution >= 0.6 is 22.6 Å². The Hall–Kier alpha value is -1.21. The number of hydrogen-bond donors (Lipinski definition) is 1. The van der Waals surface area contributed by atoms with Crippen LogP contribution in [0.3, 0.4) is 0 Å². The van der Waals surface area contributed by atoms with Crippen LogP contribution in [0.1, 0.15) is 28.2 Å². The predicted octanol–water partition coefficient (Wildman–Crippen LogP) is 3.02. The van der Waals surface area contributed by atoms with Crippen molar-refractivity contribution in [1.29, 1.82) is 0 Å². The van der Waals surface area contributed by atoms with Crippen molar-refractivity contribution in [2.24, 2.45) is 0 Å². The quantitative estimate of drug-likeness (QED) is 0.825. The van der Waals surface area contributed by atoms with Gasteiger partial charge in [-0.1, -0.05) is 18.2 Å². The summed E-state index contributed by atoms with van der Waals surface area (Å²) in [5.74, 6) is 1.25. The van der Waals surface area contributed by atoms with Gasteiger partial charge in [0.05, 0.1) is 15.9 Å². The predicted molar refractivity (Wildman–Crippen MR) is 88.6 cm³/mol. The molecule has 2 rings (SSSR count). The lowest BCUT2D eigenvalue weighted by Crippen LogP contribution is -2.08. The lowest BCUT2D eigenvalue weighted by Gasteiger charge is -2.09. The topological polar surface area (TPSA) is 61.0 Å². The zero-order valence-corrected chi connectivity index (χ0v) is 14.1. The molecule has 0 saturated heterocycles. The van der Waals surface area contributed by atoms with Gasteiger partial charge in [-0.25, -0.2) is 9.97 Å². The number of rotatable bonds is 4. The normalized spacial score (nSPS) is 10.8. The van der Waals surface area contributed by atoms with Gasteiger partial charge in [0.2, 0.25) is 0 Å². The maximum Gasteiger partial charge on any atom is 0.141 e. The fourth-order valence-corrected chi connectivity index (χ4v) is 2.37. The standard InChI is InChI=1S/C15H18IN3O/c1-9-4-5-11(6-10(9)2)7-13-18-12(8-20-3)14(16)15(17)19-13/h4-6H,7-8H2,1-3H3,(H2,17,18,19). The van der Waals surface area contributed by atoms with Gasteiger partial charge in [0.15, 0.2) is 0 Å². The molecule has 4 nitrogen and oxygen atoms in total. The van der Waals surface area contributed by atoms with Gasteiger partial charge in [-0.3, -0.25) is 0 Å². The molecule has 1 aromatic heterocycles. The third kappa shape index (κ3) is 3.46. The van der Waals surface area contributed by atoms with Crippen molar-refractivity contribution < 1.29 is 4.74 Å². The van der Waals surface area contributed by atoms with Gasteiger partial charge in [0.1, 0.15) is 11.6 Å². The summed E-state index contributed by atoms with van der Waals surface area (Å²) in [7, 11) is 1.65. The van der Waals surface area contributed by atoms with Crippen LogP contribution in [0.25, 0.3) is 0 Å². The molecular formula is C15H18IN3O. The van der Waals surface area contributed by atoms with Crippen molar-refractivity contribution in [3.63, 3.8) is 0 Å². The Morgan fingerprint density at radius 2 is 1.95 bits per heavy atom. The molecule has 0 saturated carbocycles. The molecule has 20 heavy (non-hydrogen) atoms. The summed E-state index contributed by atoms with van der Waals surface area (Å²) in [6, 6.07) is 6.40. The van der Waals surface area contributed by atoms with Crippen LogP contribution in [0, 0.1) is 17.4 Å². The van der Waals surface area contributed by atoms with E-state index in [9.17, 15) is 0 Å². The SMILES string of the molecule is COCc1nc(Cc2ccc(C)c(C)c2)nc(N)c1I. The van der Waals surface area contributed by atoms with Crippen LogP contribution in [-0.2, 0) is 17.8 Å². The number of halogens is 1. The van der Waals surface area contributed by atoms with E-state index in [0.717, 1.165) is 15.1 Å². The summed E-state index contributed by atoms with van der Waals surface area (Å²) in [6.45, 7) is 4.67. The van der Waals surface area contributed by atoms with Gasteiger partial charge in [-0.05, 0) is 53.1 Å². The van der Waals surface area contributed by atoms with E-state index in [2.05, 4.69) is 64.6 Å². The van der Waals surface area contributed by atoms with Gasteiger partial charge in [0.25, 0.3) is 0 Å². The molecular weight excluding hydrogens is 365 g/mol. The Kier molecular flexibility index (Phi) is 4.93. The number of anilines is 1. The second-order valence-electron chi connectivity index (χ2n) is 4.81. The number of ether oxygens (including phenoxy) is 1. The summed E-state index contributed by atoms with van der Waals surface area (Å²) >= 11 is 2.16. The Labute approximate surface area is 132 Å². The van der Waals surface area contributed by atoms with Crippen molar-refractivity contribution in [2.45, 2.75) is 26.9 Å². The lowest BCUT2D eigenvalue weighted by atomic mass is 10.0. The maximum atomic E-state index is 5.95. The fraction of sp³-hybridized carbons (Fsp3) is 0.333. The average Bonchev–Trinajstić information content (AvgIpc) is 2.40. The van der Waals surface area contributed by atoms with Crippen LogP contribution in [0.4, 0.5) is 5.82 Å². The van der Waals surface area contributed by atoms with Crippen molar-refractivity contribution in [3.05, 3.63) is 50.0 Å². The number of nitrogens with zero attached hydrogens (tertiary/aromatic N) is 2. The van der Waals surface area contributed by atoms with Crippen LogP contribution in [0.5, 0.6) is 0 Å². The van der Waals surface area contributed by atoms with E-state index in [1.807, 2.05) is 0 Å². The van der Waals surface area contributed by atoms with E-state index >= 15 is 0 Å². The number of nitrogens with two attached hydrogens (primary N) is 1. The summed E-state index contributed by atoms with van der Waals surface area (Å²) in [5.41, 5.74) is 10.5. The number of aromatic nitrogens is 2. The number of aryl methyl sites for hydroxylation is 2. The van der Waals surface area contributed by atoms with Gasteiger partial charge in [0, 0.05) is 13.5 Å². The molecule has 106 valence electrons. The highest BCUT2D eigenvalue weighted by atomic mass is 127. The van der Waals surface area contributed by atoms with E-state index in [0.29, 0.717) is 18.8 Å². The van der Waals surface area contributed by atoms with Gasteiger partial charge < -0.3 is 10.5 Å². The first-order chi connectivity index (χ1) is 9.51. The van der Waals surface area contributed by atoms with Crippen LogP contribution in [0.15, 0.2) is 18.2 Å². The van der Waals surface area contributed by atoms with Crippen LogP contribution in [0.2, 0.25) is 0 Å². The van der Waals surface area contributed by atoms with Gasteiger partial charge >= 0.3 is 0 Å². The van der Waals surface area contributed by atoms with E-state index in [-0.39, 0.29) is 0 Å². The number of hydrogen-bond acceptors (Lipinski definition) is 4. The largest absolute Gasteiger partial charge is 0.383 e. The minimum absolute atomic E-state index is 0.449. The smallest absolute Gasteiger partial charge is 0.141 e. The lowest BCUT2D eigenvalue weighted by molar-refractivity contribution is 0.180. The molecule has 0 aliphatic carbocycles. The Balaban J connectivity index is 2.31. The highest BCUT2D eigenvalue weighted by Gasteiger charge is 2.10. The molecule has 0 amide bonds. The molecule has 5 heteroatoms. The van der Waals surface area contributed by atoms with Crippen molar-refractivity contribution in [3.8, 4) is 0 Å². The van der Waals surface area contributed by atoms with Gasteiger partial charge in [-0.2, -0.15) is 0 Å². The molecule has 0 bridgehead atoms. The third-order valence-corrected chi connectivity index (χ3v) is 4.38.